The summed E-state index contributed by atoms with van der Waals surface area (Å²) in [6.45, 7) is 1.15. The van der Waals surface area contributed by atoms with E-state index in [9.17, 15) is 4.39 Å². The van der Waals surface area contributed by atoms with Crippen LogP contribution in [0.25, 0.3) is 0 Å². The normalized spacial score (nSPS) is 28.2. The van der Waals surface area contributed by atoms with E-state index in [1.807, 2.05) is 12.1 Å². The van der Waals surface area contributed by atoms with Gasteiger partial charge in [-0.05, 0) is 49.2 Å². The average molecular weight is 281 g/mol. The highest BCUT2D eigenvalue weighted by Gasteiger charge is 2.41. The summed E-state index contributed by atoms with van der Waals surface area (Å²) < 4.78 is 14.3. The van der Waals surface area contributed by atoms with Crippen LogP contribution in [0.15, 0.2) is 48.5 Å². The Morgan fingerprint density at radius 2 is 1.62 bits per heavy atom. The van der Waals surface area contributed by atoms with Crippen LogP contribution in [0.2, 0.25) is 0 Å². The number of hydrogen-bond acceptors (Lipinski definition) is 1. The number of benzene rings is 2. The van der Waals surface area contributed by atoms with Crippen molar-refractivity contribution < 1.29 is 4.39 Å². The molecule has 3 atom stereocenters. The Morgan fingerprint density at radius 3 is 2.38 bits per heavy atom. The number of hydrogen-bond donors (Lipinski definition) is 0. The zero-order chi connectivity index (χ0) is 14.4. The molecular formula is C19H20FN. The second-order valence-electron chi connectivity index (χ2n) is 6.38. The largest absolute Gasteiger partial charge is 0.303 e. The van der Waals surface area contributed by atoms with Crippen LogP contribution in [-0.4, -0.2) is 24.5 Å². The van der Waals surface area contributed by atoms with Gasteiger partial charge < -0.3 is 4.90 Å². The van der Waals surface area contributed by atoms with E-state index in [1.165, 1.54) is 17.5 Å². The van der Waals surface area contributed by atoms with Gasteiger partial charge in [-0.3, -0.25) is 0 Å². The van der Waals surface area contributed by atoms with E-state index < -0.39 is 0 Å². The third-order valence-corrected chi connectivity index (χ3v) is 5.35. The van der Waals surface area contributed by atoms with Crippen molar-refractivity contribution in [2.45, 2.75) is 30.7 Å². The van der Waals surface area contributed by atoms with Gasteiger partial charge in [0.05, 0.1) is 0 Å². The van der Waals surface area contributed by atoms with Crippen LogP contribution in [0, 0.1) is 5.82 Å². The molecule has 0 spiro atoms. The van der Waals surface area contributed by atoms with Gasteiger partial charge in [-0.25, -0.2) is 4.39 Å². The molecule has 1 heterocycles. The lowest BCUT2D eigenvalue weighted by molar-refractivity contribution is 0.264. The number of fused-ring (bicyclic) bond motifs is 3. The Hall–Kier alpha value is -1.67. The summed E-state index contributed by atoms with van der Waals surface area (Å²) in [6, 6.07) is 16.5. The zero-order valence-electron chi connectivity index (χ0n) is 12.3. The third kappa shape index (κ3) is 2.01. The lowest BCUT2D eigenvalue weighted by Gasteiger charge is -2.37. The van der Waals surface area contributed by atoms with Gasteiger partial charge in [0.25, 0.3) is 0 Å². The molecule has 0 radical (unpaired) electrons. The second kappa shape index (κ2) is 4.96. The van der Waals surface area contributed by atoms with Crippen molar-refractivity contribution >= 4 is 0 Å². The van der Waals surface area contributed by atoms with Crippen LogP contribution in [0.3, 0.4) is 0 Å². The van der Waals surface area contributed by atoms with Crippen molar-refractivity contribution in [2.75, 3.05) is 13.6 Å². The molecule has 21 heavy (non-hydrogen) atoms. The van der Waals surface area contributed by atoms with Gasteiger partial charge in [-0.15, -0.1) is 0 Å². The summed E-state index contributed by atoms with van der Waals surface area (Å²) in [5.74, 6) is 0.731. The lowest BCUT2D eigenvalue weighted by atomic mass is 9.71. The molecule has 0 aromatic heterocycles. The third-order valence-electron chi connectivity index (χ3n) is 5.35. The molecular weight excluding hydrogens is 261 g/mol. The van der Waals surface area contributed by atoms with Gasteiger partial charge in [0.15, 0.2) is 0 Å². The maximum Gasteiger partial charge on any atom is 0.127 e. The van der Waals surface area contributed by atoms with Crippen molar-refractivity contribution in [2.24, 2.45) is 0 Å². The highest BCUT2D eigenvalue weighted by Crippen LogP contribution is 2.48. The van der Waals surface area contributed by atoms with E-state index in [1.54, 1.807) is 12.1 Å². The minimum Gasteiger partial charge on any atom is -0.303 e. The Morgan fingerprint density at radius 1 is 0.952 bits per heavy atom. The van der Waals surface area contributed by atoms with Crippen LogP contribution in [0.1, 0.15) is 41.4 Å². The molecule has 4 rings (SSSR count). The molecule has 108 valence electrons. The van der Waals surface area contributed by atoms with Gasteiger partial charge >= 0.3 is 0 Å². The van der Waals surface area contributed by atoms with Crippen LogP contribution in [0.5, 0.6) is 0 Å². The predicted molar refractivity (Wildman–Crippen MR) is 83.1 cm³/mol. The SMILES string of the molecule is CN1CC[C@@H]2c3ccccc3[C@@H](c3ccccc3F)C[C@@H]21. The quantitative estimate of drug-likeness (QED) is 0.759. The van der Waals surface area contributed by atoms with Crippen LogP contribution in [0.4, 0.5) is 4.39 Å². The second-order valence-corrected chi connectivity index (χ2v) is 6.38. The lowest BCUT2D eigenvalue weighted by Crippen LogP contribution is -2.34. The molecule has 1 aliphatic carbocycles. The summed E-state index contributed by atoms with van der Waals surface area (Å²) in [6.07, 6.45) is 2.25. The number of rotatable bonds is 1. The first kappa shape index (κ1) is 13.0. The first-order valence-corrected chi connectivity index (χ1v) is 7.79. The van der Waals surface area contributed by atoms with E-state index in [0.29, 0.717) is 12.0 Å². The minimum atomic E-state index is -0.0728. The average Bonchev–Trinajstić information content (AvgIpc) is 2.89. The van der Waals surface area contributed by atoms with Crippen molar-refractivity contribution in [3.63, 3.8) is 0 Å². The fraction of sp³-hybridized carbons (Fsp3) is 0.368. The molecule has 1 nitrogen and oxygen atoms in total. The molecule has 2 aromatic carbocycles. The van der Waals surface area contributed by atoms with Gasteiger partial charge in [0.2, 0.25) is 0 Å². The molecule has 2 heteroatoms. The van der Waals surface area contributed by atoms with E-state index in [4.69, 9.17) is 0 Å². The van der Waals surface area contributed by atoms with Crippen molar-refractivity contribution in [1.82, 2.24) is 4.90 Å². The zero-order valence-corrected chi connectivity index (χ0v) is 12.3. The molecule has 1 saturated heterocycles. The van der Waals surface area contributed by atoms with Gasteiger partial charge in [0, 0.05) is 17.9 Å². The maximum atomic E-state index is 14.3. The standard InChI is InChI=1S/C19H20FN/c1-21-11-10-16-13-6-2-3-7-14(13)17(12-19(16)21)15-8-4-5-9-18(15)20/h2-9,16-17,19H,10-12H2,1H3/t16-,17+,19+/m1/s1. The first-order chi connectivity index (χ1) is 10.3. The summed E-state index contributed by atoms with van der Waals surface area (Å²) in [5, 5.41) is 0. The predicted octanol–water partition coefficient (Wildman–Crippen LogP) is 4.15. The van der Waals surface area contributed by atoms with E-state index >= 15 is 0 Å². The molecule has 0 N–H and O–H groups in total. The highest BCUT2D eigenvalue weighted by molar-refractivity contribution is 5.44. The summed E-state index contributed by atoms with van der Waals surface area (Å²) in [4.78, 5) is 2.45. The number of likely N-dealkylation sites (N-methyl/N-ethyl adjacent to an activating group) is 1. The summed E-state index contributed by atoms with van der Waals surface area (Å²) >= 11 is 0. The Labute approximate surface area is 125 Å². The van der Waals surface area contributed by atoms with Crippen molar-refractivity contribution in [3.8, 4) is 0 Å². The van der Waals surface area contributed by atoms with Gasteiger partial charge in [-0.2, -0.15) is 0 Å². The molecule has 2 aromatic rings. The van der Waals surface area contributed by atoms with Crippen LogP contribution < -0.4 is 0 Å². The van der Waals surface area contributed by atoms with Crippen LogP contribution in [-0.2, 0) is 0 Å². The fourth-order valence-corrected chi connectivity index (χ4v) is 4.30. The first-order valence-electron chi connectivity index (χ1n) is 7.79. The summed E-state index contributed by atoms with van der Waals surface area (Å²) in [5.41, 5.74) is 3.62. The highest BCUT2D eigenvalue weighted by atomic mass is 19.1. The molecule has 1 aliphatic heterocycles. The molecule has 2 aliphatic rings. The van der Waals surface area contributed by atoms with E-state index in [2.05, 4.69) is 36.2 Å². The number of likely N-dealkylation sites (tertiary alicyclic amines) is 1. The molecule has 0 amide bonds. The maximum absolute atomic E-state index is 14.3. The van der Waals surface area contributed by atoms with Crippen molar-refractivity contribution in [3.05, 3.63) is 71.0 Å². The van der Waals surface area contributed by atoms with Gasteiger partial charge in [0.1, 0.15) is 5.82 Å². The minimum absolute atomic E-state index is 0.0728. The topological polar surface area (TPSA) is 3.24 Å². The Kier molecular flexibility index (Phi) is 3.07. The molecule has 0 unspecified atom stereocenters. The fourth-order valence-electron chi connectivity index (χ4n) is 4.30. The van der Waals surface area contributed by atoms with E-state index in [0.717, 1.165) is 18.5 Å². The Balaban J connectivity index is 1.85. The molecule has 0 bridgehead atoms. The Bertz CT molecular complexity index is 666. The number of halogens is 1. The smallest absolute Gasteiger partial charge is 0.127 e. The van der Waals surface area contributed by atoms with Crippen LogP contribution >= 0.6 is 0 Å². The van der Waals surface area contributed by atoms with Crippen molar-refractivity contribution in [1.29, 1.82) is 0 Å². The monoisotopic (exact) mass is 281 g/mol. The summed E-state index contributed by atoms with van der Waals surface area (Å²) in [7, 11) is 2.21. The van der Waals surface area contributed by atoms with Gasteiger partial charge in [-0.1, -0.05) is 42.5 Å². The molecule has 1 fully saturated rings. The number of nitrogens with zero attached hydrogens (tertiary/aromatic N) is 1. The molecule has 0 saturated carbocycles. The van der Waals surface area contributed by atoms with E-state index in [-0.39, 0.29) is 11.7 Å².